The molecule has 0 bridgehead atoms. The standard InChI is InChI=1S/C14H13ClFNOS/c1-17(9-12-5-6-13(15)19-12)14(18)8-10-3-2-4-11(16)7-10/h2-7H,8-9H2,1H3. The van der Waals surface area contributed by atoms with Gasteiger partial charge in [-0.15, -0.1) is 11.3 Å². The van der Waals surface area contributed by atoms with Crippen LogP contribution >= 0.6 is 22.9 Å². The summed E-state index contributed by atoms with van der Waals surface area (Å²) in [4.78, 5) is 14.7. The fourth-order valence-corrected chi connectivity index (χ4v) is 2.86. The highest BCUT2D eigenvalue weighted by molar-refractivity contribution is 7.16. The molecule has 0 atom stereocenters. The van der Waals surface area contributed by atoms with Gasteiger partial charge in [0, 0.05) is 11.9 Å². The zero-order valence-electron chi connectivity index (χ0n) is 10.4. The minimum atomic E-state index is -0.321. The zero-order valence-corrected chi connectivity index (χ0v) is 12.0. The van der Waals surface area contributed by atoms with Gasteiger partial charge in [0.25, 0.3) is 0 Å². The van der Waals surface area contributed by atoms with Crippen LogP contribution in [0.4, 0.5) is 4.39 Å². The molecule has 0 spiro atoms. The summed E-state index contributed by atoms with van der Waals surface area (Å²) in [6.07, 6.45) is 0.202. The molecule has 0 aliphatic rings. The van der Waals surface area contributed by atoms with Crippen molar-refractivity contribution in [2.45, 2.75) is 13.0 Å². The lowest BCUT2D eigenvalue weighted by atomic mass is 10.1. The Kier molecular flexibility index (Phi) is 4.56. The lowest BCUT2D eigenvalue weighted by molar-refractivity contribution is -0.129. The smallest absolute Gasteiger partial charge is 0.227 e. The topological polar surface area (TPSA) is 20.3 Å². The second kappa shape index (κ2) is 6.17. The van der Waals surface area contributed by atoms with Crippen LogP contribution < -0.4 is 0 Å². The zero-order chi connectivity index (χ0) is 13.8. The predicted molar refractivity (Wildman–Crippen MR) is 75.9 cm³/mol. The van der Waals surface area contributed by atoms with Gasteiger partial charge in [-0.3, -0.25) is 4.79 Å². The summed E-state index contributed by atoms with van der Waals surface area (Å²) in [6.45, 7) is 0.519. The summed E-state index contributed by atoms with van der Waals surface area (Å²) in [6, 6.07) is 9.82. The Morgan fingerprint density at radius 2 is 2.16 bits per heavy atom. The minimum Gasteiger partial charge on any atom is -0.340 e. The summed E-state index contributed by atoms with van der Waals surface area (Å²) in [5.41, 5.74) is 0.682. The van der Waals surface area contributed by atoms with Gasteiger partial charge in [-0.2, -0.15) is 0 Å². The SMILES string of the molecule is CN(Cc1ccc(Cl)s1)C(=O)Cc1cccc(F)c1. The van der Waals surface area contributed by atoms with Gasteiger partial charge >= 0.3 is 0 Å². The van der Waals surface area contributed by atoms with Crippen LogP contribution in [0.1, 0.15) is 10.4 Å². The van der Waals surface area contributed by atoms with Crippen LogP contribution in [0.2, 0.25) is 4.34 Å². The van der Waals surface area contributed by atoms with Crippen LogP contribution in [0.15, 0.2) is 36.4 Å². The molecule has 1 amide bonds. The van der Waals surface area contributed by atoms with Crippen molar-refractivity contribution in [3.63, 3.8) is 0 Å². The van der Waals surface area contributed by atoms with Crippen molar-refractivity contribution >= 4 is 28.8 Å². The number of hydrogen-bond acceptors (Lipinski definition) is 2. The van der Waals surface area contributed by atoms with Crippen molar-refractivity contribution in [1.82, 2.24) is 4.90 Å². The van der Waals surface area contributed by atoms with E-state index in [-0.39, 0.29) is 18.1 Å². The average Bonchev–Trinajstić information content (AvgIpc) is 2.74. The third-order valence-corrected chi connectivity index (χ3v) is 3.91. The molecule has 0 saturated carbocycles. The Balaban J connectivity index is 1.96. The number of hydrogen-bond donors (Lipinski definition) is 0. The van der Waals surface area contributed by atoms with E-state index in [1.807, 2.05) is 12.1 Å². The predicted octanol–water partition coefficient (Wildman–Crippen LogP) is 3.74. The van der Waals surface area contributed by atoms with Crippen LogP contribution in [0.3, 0.4) is 0 Å². The van der Waals surface area contributed by atoms with Gasteiger partial charge in [0.1, 0.15) is 5.82 Å². The van der Waals surface area contributed by atoms with E-state index in [4.69, 9.17) is 11.6 Å². The molecule has 2 rings (SSSR count). The Labute approximate surface area is 120 Å². The van der Waals surface area contributed by atoms with Crippen LogP contribution in [-0.4, -0.2) is 17.9 Å². The van der Waals surface area contributed by atoms with Crippen molar-refractivity contribution < 1.29 is 9.18 Å². The monoisotopic (exact) mass is 297 g/mol. The van der Waals surface area contributed by atoms with Crippen molar-refractivity contribution in [2.75, 3.05) is 7.05 Å². The number of benzene rings is 1. The van der Waals surface area contributed by atoms with E-state index in [0.717, 1.165) is 4.88 Å². The van der Waals surface area contributed by atoms with Crippen molar-refractivity contribution in [2.24, 2.45) is 0 Å². The molecule has 0 N–H and O–H groups in total. The first kappa shape index (κ1) is 14.0. The number of carbonyl (C=O) groups is 1. The molecule has 0 fully saturated rings. The lowest BCUT2D eigenvalue weighted by Crippen LogP contribution is -2.27. The molecular formula is C14H13ClFNOS. The first-order chi connectivity index (χ1) is 9.04. The first-order valence-corrected chi connectivity index (χ1v) is 6.96. The fourth-order valence-electron chi connectivity index (χ4n) is 1.72. The van der Waals surface area contributed by atoms with Crippen molar-refractivity contribution in [3.05, 3.63) is 57.0 Å². The van der Waals surface area contributed by atoms with Crippen molar-refractivity contribution in [3.8, 4) is 0 Å². The van der Waals surface area contributed by atoms with E-state index in [2.05, 4.69) is 0 Å². The molecule has 0 aliphatic heterocycles. The van der Waals surface area contributed by atoms with Crippen LogP contribution in [-0.2, 0) is 17.8 Å². The van der Waals surface area contributed by atoms with Crippen LogP contribution in [0, 0.1) is 5.82 Å². The third kappa shape index (κ3) is 4.04. The highest BCUT2D eigenvalue weighted by atomic mass is 35.5. The molecule has 1 aromatic heterocycles. The maximum atomic E-state index is 13.0. The summed E-state index contributed by atoms with van der Waals surface area (Å²) in [7, 11) is 1.73. The minimum absolute atomic E-state index is 0.0462. The largest absolute Gasteiger partial charge is 0.340 e. The first-order valence-electron chi connectivity index (χ1n) is 5.77. The number of likely N-dealkylation sites (N-methyl/N-ethyl adjacent to an activating group) is 1. The molecule has 1 aromatic carbocycles. The molecule has 2 aromatic rings. The molecular weight excluding hydrogens is 285 g/mol. The maximum Gasteiger partial charge on any atom is 0.227 e. The Morgan fingerprint density at radius 1 is 1.37 bits per heavy atom. The molecule has 100 valence electrons. The summed E-state index contributed by atoms with van der Waals surface area (Å²) in [5, 5.41) is 0. The normalized spacial score (nSPS) is 10.5. The summed E-state index contributed by atoms with van der Waals surface area (Å²) in [5.74, 6) is -0.367. The Hall–Kier alpha value is -1.39. The fraction of sp³-hybridized carbons (Fsp3) is 0.214. The van der Waals surface area contributed by atoms with Crippen LogP contribution in [0.5, 0.6) is 0 Å². The number of rotatable bonds is 4. The van der Waals surface area contributed by atoms with E-state index in [1.165, 1.54) is 23.5 Å². The maximum absolute atomic E-state index is 13.0. The molecule has 0 aliphatic carbocycles. The van der Waals surface area contributed by atoms with E-state index in [1.54, 1.807) is 24.1 Å². The second-order valence-corrected chi connectivity index (χ2v) is 6.06. The van der Waals surface area contributed by atoms with E-state index in [9.17, 15) is 9.18 Å². The Bertz CT molecular complexity index is 584. The summed E-state index contributed by atoms with van der Waals surface area (Å²) >= 11 is 7.30. The number of nitrogens with zero attached hydrogens (tertiary/aromatic N) is 1. The number of thiophene rings is 1. The molecule has 0 radical (unpaired) electrons. The van der Waals surface area contributed by atoms with Crippen molar-refractivity contribution in [1.29, 1.82) is 0 Å². The summed E-state index contributed by atoms with van der Waals surface area (Å²) < 4.78 is 13.7. The van der Waals surface area contributed by atoms with E-state index in [0.29, 0.717) is 16.4 Å². The van der Waals surface area contributed by atoms with Gasteiger partial charge in [-0.1, -0.05) is 23.7 Å². The molecule has 5 heteroatoms. The second-order valence-electron chi connectivity index (χ2n) is 4.26. The highest BCUT2D eigenvalue weighted by Gasteiger charge is 2.11. The number of amides is 1. The average molecular weight is 298 g/mol. The molecule has 2 nitrogen and oxygen atoms in total. The van der Waals surface area contributed by atoms with Gasteiger partial charge in [0.05, 0.1) is 17.3 Å². The highest BCUT2D eigenvalue weighted by Crippen LogP contribution is 2.22. The van der Waals surface area contributed by atoms with Gasteiger partial charge in [0.2, 0.25) is 5.91 Å². The van der Waals surface area contributed by atoms with Gasteiger partial charge in [-0.05, 0) is 29.8 Å². The van der Waals surface area contributed by atoms with Crippen LogP contribution in [0.25, 0.3) is 0 Å². The number of carbonyl (C=O) groups excluding carboxylic acids is 1. The number of halogens is 2. The molecule has 0 unspecified atom stereocenters. The van der Waals surface area contributed by atoms with E-state index < -0.39 is 0 Å². The lowest BCUT2D eigenvalue weighted by Gasteiger charge is -2.16. The Morgan fingerprint density at radius 3 is 2.79 bits per heavy atom. The molecule has 0 saturated heterocycles. The molecule has 19 heavy (non-hydrogen) atoms. The van der Waals surface area contributed by atoms with E-state index >= 15 is 0 Å². The molecule has 1 heterocycles. The van der Waals surface area contributed by atoms with Gasteiger partial charge in [-0.25, -0.2) is 4.39 Å². The van der Waals surface area contributed by atoms with Gasteiger partial charge in [0.15, 0.2) is 0 Å². The van der Waals surface area contributed by atoms with Gasteiger partial charge < -0.3 is 4.90 Å². The quantitative estimate of drug-likeness (QED) is 0.842. The third-order valence-electron chi connectivity index (χ3n) is 2.69.